The Hall–Kier alpha value is -1.81. The smallest absolute Gasteiger partial charge is 0.123 e. The van der Waals surface area contributed by atoms with Crippen molar-refractivity contribution < 1.29 is 4.74 Å². The molecule has 1 aliphatic heterocycles. The van der Waals surface area contributed by atoms with Crippen molar-refractivity contribution in [1.29, 1.82) is 0 Å². The van der Waals surface area contributed by atoms with Crippen molar-refractivity contribution in [3.8, 4) is 17.0 Å². The van der Waals surface area contributed by atoms with Crippen LogP contribution in [0.15, 0.2) is 30.5 Å². The Bertz CT molecular complexity index is 527. The predicted octanol–water partition coefficient (Wildman–Crippen LogP) is 2.90. The molecule has 2 N–H and O–H groups in total. The third kappa shape index (κ3) is 2.63. The number of hydrogen-bond donors (Lipinski definition) is 2. The lowest BCUT2D eigenvalue weighted by Gasteiger charge is -2.21. The molecule has 0 saturated carbocycles. The van der Waals surface area contributed by atoms with Crippen molar-refractivity contribution >= 4 is 0 Å². The van der Waals surface area contributed by atoms with Gasteiger partial charge in [0.1, 0.15) is 11.6 Å². The van der Waals surface area contributed by atoms with Crippen molar-refractivity contribution in [3.63, 3.8) is 0 Å². The fourth-order valence-electron chi connectivity index (χ4n) is 2.52. The number of hydrogen-bond acceptors (Lipinski definition) is 3. The third-order valence-electron chi connectivity index (χ3n) is 3.64. The molecule has 4 heteroatoms. The number of rotatable bonds is 3. The minimum absolute atomic E-state index is 0.376. The van der Waals surface area contributed by atoms with Crippen LogP contribution >= 0.6 is 0 Å². The molecule has 0 radical (unpaired) electrons. The molecule has 0 bridgehead atoms. The first kappa shape index (κ1) is 12.2. The average Bonchev–Trinajstić information content (AvgIpc) is 2.98. The summed E-state index contributed by atoms with van der Waals surface area (Å²) in [4.78, 5) is 7.93. The Balaban J connectivity index is 1.79. The van der Waals surface area contributed by atoms with Crippen LogP contribution in [0.2, 0.25) is 0 Å². The van der Waals surface area contributed by atoms with Crippen LogP contribution < -0.4 is 10.1 Å². The molecule has 1 aromatic heterocycles. The lowest BCUT2D eigenvalue weighted by atomic mass is 10.0. The number of nitrogens with one attached hydrogen (secondary N) is 2. The highest BCUT2D eigenvalue weighted by atomic mass is 16.5. The molecule has 100 valence electrons. The van der Waals surface area contributed by atoms with E-state index in [0.717, 1.165) is 35.8 Å². The molecule has 3 rings (SSSR count). The molecule has 0 aliphatic carbocycles. The van der Waals surface area contributed by atoms with Gasteiger partial charge in [-0.2, -0.15) is 0 Å². The molecule has 1 unspecified atom stereocenters. The van der Waals surface area contributed by atoms with E-state index in [1.54, 1.807) is 7.11 Å². The van der Waals surface area contributed by atoms with E-state index < -0.39 is 0 Å². The van der Waals surface area contributed by atoms with E-state index >= 15 is 0 Å². The van der Waals surface area contributed by atoms with E-state index in [9.17, 15) is 0 Å². The molecular weight excluding hydrogens is 238 g/mol. The number of methoxy groups -OCH3 is 1. The van der Waals surface area contributed by atoms with E-state index in [-0.39, 0.29) is 0 Å². The summed E-state index contributed by atoms with van der Waals surface area (Å²) in [5, 5.41) is 3.50. The molecule has 4 nitrogen and oxygen atoms in total. The van der Waals surface area contributed by atoms with Crippen LogP contribution in [0.3, 0.4) is 0 Å². The fraction of sp³-hybridized carbons (Fsp3) is 0.400. The number of aromatic nitrogens is 2. The second-order valence-electron chi connectivity index (χ2n) is 4.91. The van der Waals surface area contributed by atoms with Crippen molar-refractivity contribution in [2.45, 2.75) is 25.3 Å². The largest absolute Gasteiger partial charge is 0.497 e. The summed E-state index contributed by atoms with van der Waals surface area (Å²) in [6.45, 7) is 1.09. The Labute approximate surface area is 113 Å². The number of piperidine rings is 1. The number of imidazole rings is 1. The molecular formula is C15H19N3O. The van der Waals surface area contributed by atoms with Gasteiger partial charge in [-0.05, 0) is 49.2 Å². The van der Waals surface area contributed by atoms with Crippen LogP contribution in [0, 0.1) is 0 Å². The fourth-order valence-corrected chi connectivity index (χ4v) is 2.52. The first-order chi connectivity index (χ1) is 9.36. The summed E-state index contributed by atoms with van der Waals surface area (Å²) in [5.41, 5.74) is 2.19. The number of nitrogens with zero attached hydrogens (tertiary/aromatic N) is 1. The van der Waals surface area contributed by atoms with Gasteiger partial charge in [-0.25, -0.2) is 4.98 Å². The van der Waals surface area contributed by atoms with E-state index in [2.05, 4.69) is 15.3 Å². The highest BCUT2D eigenvalue weighted by molar-refractivity contribution is 5.59. The molecule has 19 heavy (non-hydrogen) atoms. The topological polar surface area (TPSA) is 49.9 Å². The first-order valence-corrected chi connectivity index (χ1v) is 6.79. The first-order valence-electron chi connectivity index (χ1n) is 6.79. The highest BCUT2D eigenvalue weighted by Crippen LogP contribution is 2.25. The lowest BCUT2D eigenvalue weighted by molar-refractivity contribution is 0.399. The number of aromatic amines is 1. The molecule has 1 aromatic carbocycles. The quantitative estimate of drug-likeness (QED) is 0.889. The molecule has 1 atom stereocenters. The van der Waals surface area contributed by atoms with Gasteiger partial charge >= 0.3 is 0 Å². The normalized spacial score (nSPS) is 19.3. The second kappa shape index (κ2) is 5.45. The van der Waals surface area contributed by atoms with Gasteiger partial charge < -0.3 is 15.0 Å². The molecule has 2 heterocycles. The molecule has 0 amide bonds. The van der Waals surface area contributed by atoms with Gasteiger partial charge in [0.2, 0.25) is 0 Å². The zero-order valence-electron chi connectivity index (χ0n) is 11.1. The molecule has 1 aliphatic rings. The maximum atomic E-state index is 5.17. The van der Waals surface area contributed by atoms with Crippen LogP contribution in [0.4, 0.5) is 0 Å². The summed E-state index contributed by atoms with van der Waals surface area (Å²) >= 11 is 0. The van der Waals surface area contributed by atoms with Gasteiger partial charge in [0.15, 0.2) is 0 Å². The van der Waals surface area contributed by atoms with E-state index in [1.807, 2.05) is 30.5 Å². The van der Waals surface area contributed by atoms with Crippen molar-refractivity contribution in [2.75, 3.05) is 13.7 Å². The number of benzene rings is 1. The van der Waals surface area contributed by atoms with E-state index in [0.29, 0.717) is 6.04 Å². The van der Waals surface area contributed by atoms with Crippen LogP contribution in [0.5, 0.6) is 5.75 Å². The maximum absolute atomic E-state index is 5.17. The Morgan fingerprint density at radius 2 is 2.05 bits per heavy atom. The summed E-state index contributed by atoms with van der Waals surface area (Å²) in [6, 6.07) is 8.40. The van der Waals surface area contributed by atoms with Gasteiger partial charge in [0.25, 0.3) is 0 Å². The van der Waals surface area contributed by atoms with Gasteiger partial charge in [-0.15, -0.1) is 0 Å². The zero-order chi connectivity index (χ0) is 13.1. The maximum Gasteiger partial charge on any atom is 0.123 e. The highest BCUT2D eigenvalue weighted by Gasteiger charge is 2.17. The molecule has 0 spiro atoms. The summed E-state index contributed by atoms with van der Waals surface area (Å²) in [5.74, 6) is 1.92. The van der Waals surface area contributed by atoms with Crippen LogP contribution in [-0.4, -0.2) is 23.6 Å². The van der Waals surface area contributed by atoms with Crippen LogP contribution in [0.25, 0.3) is 11.3 Å². The summed E-state index contributed by atoms with van der Waals surface area (Å²) in [6.07, 6.45) is 5.61. The van der Waals surface area contributed by atoms with Crippen LogP contribution in [-0.2, 0) is 0 Å². The van der Waals surface area contributed by atoms with Gasteiger partial charge in [0.05, 0.1) is 25.0 Å². The SMILES string of the molecule is COc1ccc(-c2cnc(C3CCCCN3)[nH]2)cc1. The molecule has 1 saturated heterocycles. The third-order valence-corrected chi connectivity index (χ3v) is 3.64. The van der Waals surface area contributed by atoms with E-state index in [1.165, 1.54) is 12.8 Å². The zero-order valence-corrected chi connectivity index (χ0v) is 11.1. The Morgan fingerprint density at radius 3 is 2.74 bits per heavy atom. The lowest BCUT2D eigenvalue weighted by Crippen LogP contribution is -2.27. The number of H-pyrrole nitrogens is 1. The average molecular weight is 257 g/mol. The number of ether oxygens (including phenoxy) is 1. The van der Waals surface area contributed by atoms with Gasteiger partial charge in [-0.3, -0.25) is 0 Å². The van der Waals surface area contributed by atoms with E-state index in [4.69, 9.17) is 4.74 Å². The van der Waals surface area contributed by atoms with Gasteiger partial charge in [-0.1, -0.05) is 6.42 Å². The summed E-state index contributed by atoms with van der Waals surface area (Å²) in [7, 11) is 1.68. The van der Waals surface area contributed by atoms with Crippen molar-refractivity contribution in [3.05, 3.63) is 36.3 Å². The van der Waals surface area contributed by atoms with Gasteiger partial charge in [0, 0.05) is 0 Å². The minimum Gasteiger partial charge on any atom is -0.497 e. The van der Waals surface area contributed by atoms with Crippen molar-refractivity contribution in [1.82, 2.24) is 15.3 Å². The predicted molar refractivity (Wildman–Crippen MR) is 75.2 cm³/mol. The summed E-state index contributed by atoms with van der Waals surface area (Å²) < 4.78 is 5.17. The Kier molecular flexibility index (Phi) is 3.51. The standard InChI is InChI=1S/C15H19N3O/c1-19-12-7-5-11(6-8-12)14-10-17-15(18-14)13-4-2-3-9-16-13/h5-8,10,13,16H,2-4,9H2,1H3,(H,17,18). The van der Waals surface area contributed by atoms with Crippen LogP contribution in [0.1, 0.15) is 31.1 Å². The van der Waals surface area contributed by atoms with Crippen molar-refractivity contribution in [2.24, 2.45) is 0 Å². The Morgan fingerprint density at radius 1 is 1.21 bits per heavy atom. The molecule has 2 aromatic rings. The minimum atomic E-state index is 0.376. The second-order valence-corrected chi connectivity index (χ2v) is 4.91. The monoisotopic (exact) mass is 257 g/mol. The molecule has 1 fully saturated rings.